The van der Waals surface area contributed by atoms with Gasteiger partial charge in [0.15, 0.2) is 0 Å². The van der Waals surface area contributed by atoms with E-state index in [0.29, 0.717) is 6.61 Å². The molecule has 0 amide bonds. The average Bonchev–Trinajstić information content (AvgIpc) is 2.22. The Kier molecular flexibility index (Phi) is 7.31. The van der Waals surface area contributed by atoms with Gasteiger partial charge in [-0.05, 0) is 26.8 Å². The Morgan fingerprint density at radius 2 is 2.07 bits per heavy atom. The molecule has 0 saturated carbocycles. The Labute approximate surface area is 92.6 Å². The van der Waals surface area contributed by atoms with Crippen LogP contribution in [0.1, 0.15) is 20.3 Å². The van der Waals surface area contributed by atoms with Crippen LogP contribution < -0.4 is 5.32 Å². The summed E-state index contributed by atoms with van der Waals surface area (Å²) >= 11 is 0. The molecule has 0 aliphatic rings. The molecule has 1 atom stereocenters. The smallest absolute Gasteiger partial charge is 0.0928 e. The zero-order chi connectivity index (χ0) is 11.7. The molecule has 4 heteroatoms. The summed E-state index contributed by atoms with van der Waals surface area (Å²) in [6.07, 6.45) is 0.924. The summed E-state index contributed by atoms with van der Waals surface area (Å²) < 4.78 is 10.2. The minimum Gasteiger partial charge on any atom is -0.382 e. The van der Waals surface area contributed by atoms with E-state index in [9.17, 15) is 0 Å². The van der Waals surface area contributed by atoms with Crippen LogP contribution in [0.25, 0.3) is 0 Å². The standard InChI is InChI=1S/C11H22N2O2/c1-11(2,9-12)5-6-13-7-10(15-4)8-14-3/h10,13H,5-8H2,1-4H3. The monoisotopic (exact) mass is 214 g/mol. The van der Waals surface area contributed by atoms with Gasteiger partial charge in [0.2, 0.25) is 0 Å². The van der Waals surface area contributed by atoms with Gasteiger partial charge < -0.3 is 14.8 Å². The van der Waals surface area contributed by atoms with Crippen molar-refractivity contribution < 1.29 is 9.47 Å². The average molecular weight is 214 g/mol. The van der Waals surface area contributed by atoms with E-state index in [1.807, 2.05) is 13.8 Å². The Morgan fingerprint density at radius 1 is 1.40 bits per heavy atom. The molecule has 0 spiro atoms. The number of hydrogen-bond acceptors (Lipinski definition) is 4. The topological polar surface area (TPSA) is 54.3 Å². The zero-order valence-corrected chi connectivity index (χ0v) is 10.2. The molecule has 0 radical (unpaired) electrons. The molecule has 0 heterocycles. The first-order chi connectivity index (χ1) is 7.05. The molecule has 4 nitrogen and oxygen atoms in total. The fourth-order valence-electron chi connectivity index (χ4n) is 1.12. The van der Waals surface area contributed by atoms with Gasteiger partial charge in [0.05, 0.1) is 24.2 Å². The van der Waals surface area contributed by atoms with Crippen molar-refractivity contribution in [2.45, 2.75) is 26.4 Å². The molecular weight excluding hydrogens is 192 g/mol. The summed E-state index contributed by atoms with van der Waals surface area (Å²) in [6, 6.07) is 2.27. The van der Waals surface area contributed by atoms with Crippen molar-refractivity contribution in [3.8, 4) is 6.07 Å². The second kappa shape index (κ2) is 7.63. The van der Waals surface area contributed by atoms with Crippen LogP contribution in [0.2, 0.25) is 0 Å². The summed E-state index contributed by atoms with van der Waals surface area (Å²) in [5.41, 5.74) is -0.253. The molecule has 0 aliphatic carbocycles. The Morgan fingerprint density at radius 3 is 2.53 bits per heavy atom. The molecule has 0 aromatic carbocycles. The lowest BCUT2D eigenvalue weighted by Crippen LogP contribution is -2.33. The van der Waals surface area contributed by atoms with Crippen molar-refractivity contribution in [3.63, 3.8) is 0 Å². The zero-order valence-electron chi connectivity index (χ0n) is 10.2. The van der Waals surface area contributed by atoms with E-state index in [-0.39, 0.29) is 11.5 Å². The first kappa shape index (κ1) is 14.4. The van der Waals surface area contributed by atoms with Crippen molar-refractivity contribution in [2.75, 3.05) is 33.9 Å². The third-order valence-corrected chi connectivity index (χ3v) is 2.29. The first-order valence-electron chi connectivity index (χ1n) is 5.19. The molecule has 0 aromatic heterocycles. The summed E-state index contributed by atoms with van der Waals surface area (Å²) in [6.45, 7) is 6.05. The van der Waals surface area contributed by atoms with Crippen LogP contribution in [0.3, 0.4) is 0 Å². The van der Waals surface area contributed by atoms with E-state index in [1.165, 1.54) is 0 Å². The van der Waals surface area contributed by atoms with Crippen LogP contribution in [-0.4, -0.2) is 40.0 Å². The Balaban J connectivity index is 3.57. The molecule has 0 fully saturated rings. The van der Waals surface area contributed by atoms with Crippen LogP contribution in [0.4, 0.5) is 0 Å². The number of ether oxygens (including phenoxy) is 2. The highest BCUT2D eigenvalue weighted by Crippen LogP contribution is 2.16. The van der Waals surface area contributed by atoms with Crippen LogP contribution in [0.5, 0.6) is 0 Å². The van der Waals surface area contributed by atoms with Crippen LogP contribution in [-0.2, 0) is 9.47 Å². The molecule has 0 rings (SSSR count). The second-order valence-corrected chi connectivity index (χ2v) is 4.26. The predicted molar refractivity (Wildman–Crippen MR) is 59.6 cm³/mol. The van der Waals surface area contributed by atoms with Crippen molar-refractivity contribution in [1.82, 2.24) is 5.32 Å². The van der Waals surface area contributed by atoms with Gasteiger partial charge in [-0.15, -0.1) is 0 Å². The van der Waals surface area contributed by atoms with Crippen LogP contribution >= 0.6 is 0 Å². The molecule has 0 aromatic rings. The predicted octanol–water partition coefficient (Wildman–Crippen LogP) is 1.18. The summed E-state index contributed by atoms with van der Waals surface area (Å²) in [4.78, 5) is 0. The van der Waals surface area contributed by atoms with Crippen molar-refractivity contribution in [3.05, 3.63) is 0 Å². The lowest BCUT2D eigenvalue weighted by atomic mass is 9.91. The summed E-state index contributed by atoms with van der Waals surface area (Å²) in [7, 11) is 3.33. The van der Waals surface area contributed by atoms with Gasteiger partial charge in [-0.1, -0.05) is 0 Å². The van der Waals surface area contributed by atoms with Gasteiger partial charge in [0.1, 0.15) is 0 Å². The van der Waals surface area contributed by atoms with Gasteiger partial charge in [0, 0.05) is 20.8 Å². The van der Waals surface area contributed by atoms with E-state index in [2.05, 4.69) is 11.4 Å². The van der Waals surface area contributed by atoms with E-state index in [4.69, 9.17) is 14.7 Å². The lowest BCUT2D eigenvalue weighted by Gasteiger charge is -2.18. The quantitative estimate of drug-likeness (QED) is 0.616. The maximum absolute atomic E-state index is 8.81. The first-order valence-corrected chi connectivity index (χ1v) is 5.19. The second-order valence-electron chi connectivity index (χ2n) is 4.26. The highest BCUT2D eigenvalue weighted by Gasteiger charge is 2.15. The fourth-order valence-corrected chi connectivity index (χ4v) is 1.12. The molecule has 1 unspecified atom stereocenters. The third-order valence-electron chi connectivity index (χ3n) is 2.29. The molecule has 88 valence electrons. The summed E-state index contributed by atoms with van der Waals surface area (Å²) in [5.74, 6) is 0. The number of nitriles is 1. The van der Waals surface area contributed by atoms with E-state index in [0.717, 1.165) is 19.5 Å². The highest BCUT2D eigenvalue weighted by atomic mass is 16.5. The number of nitrogens with one attached hydrogen (secondary N) is 1. The van der Waals surface area contributed by atoms with Crippen molar-refractivity contribution in [1.29, 1.82) is 5.26 Å². The minimum absolute atomic E-state index is 0.0835. The van der Waals surface area contributed by atoms with Crippen LogP contribution in [0, 0.1) is 16.7 Å². The molecule has 0 aliphatic heterocycles. The number of hydrogen-bond donors (Lipinski definition) is 1. The fraction of sp³-hybridized carbons (Fsp3) is 0.909. The Hall–Kier alpha value is -0.630. The van der Waals surface area contributed by atoms with E-state index in [1.54, 1.807) is 14.2 Å². The maximum atomic E-state index is 8.81. The van der Waals surface area contributed by atoms with Crippen molar-refractivity contribution >= 4 is 0 Å². The van der Waals surface area contributed by atoms with Gasteiger partial charge >= 0.3 is 0 Å². The lowest BCUT2D eigenvalue weighted by molar-refractivity contribution is 0.0288. The van der Waals surface area contributed by atoms with E-state index < -0.39 is 0 Å². The summed E-state index contributed by atoms with van der Waals surface area (Å²) in [5, 5.41) is 12.1. The molecule has 1 N–H and O–H groups in total. The number of rotatable bonds is 8. The van der Waals surface area contributed by atoms with Gasteiger partial charge in [-0.2, -0.15) is 5.26 Å². The van der Waals surface area contributed by atoms with E-state index >= 15 is 0 Å². The SMILES string of the molecule is COCC(CNCCC(C)(C)C#N)OC. The number of methoxy groups -OCH3 is 2. The Bertz CT molecular complexity index is 199. The highest BCUT2D eigenvalue weighted by molar-refractivity contribution is 4.91. The number of nitrogens with zero attached hydrogens (tertiary/aromatic N) is 1. The molecule has 0 saturated heterocycles. The van der Waals surface area contributed by atoms with Gasteiger partial charge in [-0.25, -0.2) is 0 Å². The van der Waals surface area contributed by atoms with Gasteiger partial charge in [0.25, 0.3) is 0 Å². The molecular formula is C11H22N2O2. The normalized spacial score (nSPS) is 13.5. The third kappa shape index (κ3) is 7.32. The van der Waals surface area contributed by atoms with Gasteiger partial charge in [-0.3, -0.25) is 0 Å². The largest absolute Gasteiger partial charge is 0.382 e. The molecule has 15 heavy (non-hydrogen) atoms. The minimum atomic E-state index is -0.253. The molecule has 0 bridgehead atoms. The maximum Gasteiger partial charge on any atom is 0.0928 e. The van der Waals surface area contributed by atoms with Crippen LogP contribution in [0.15, 0.2) is 0 Å². The van der Waals surface area contributed by atoms with Crippen molar-refractivity contribution in [2.24, 2.45) is 5.41 Å².